The summed E-state index contributed by atoms with van der Waals surface area (Å²) in [6, 6.07) is 9.92. The number of aromatic nitrogens is 1. The number of nitrogens with one attached hydrogen (secondary N) is 2. The van der Waals surface area contributed by atoms with Crippen LogP contribution in [0.15, 0.2) is 46.9 Å². The number of carbonyl (C=O) groups is 2. The second-order valence-corrected chi connectivity index (χ2v) is 7.47. The molecule has 6 N–H and O–H groups in total. The highest BCUT2D eigenvalue weighted by atomic mass is 19.1. The van der Waals surface area contributed by atoms with Gasteiger partial charge in [-0.25, -0.2) is 13.8 Å². The Kier molecular flexibility index (Phi) is 6.13. The first kappa shape index (κ1) is 21.4. The van der Waals surface area contributed by atoms with E-state index < -0.39 is 29.0 Å². The maximum Gasteiger partial charge on any atom is 0.273 e. The molecular formula is C22H22F2N5O3+. The van der Waals surface area contributed by atoms with Crippen LogP contribution in [-0.4, -0.2) is 35.9 Å². The number of piperidine rings is 1. The summed E-state index contributed by atoms with van der Waals surface area (Å²) in [7, 11) is 0. The topological polar surface area (TPSA) is 127 Å². The molecular weight excluding hydrogens is 420 g/mol. The number of oxazole rings is 1. The van der Waals surface area contributed by atoms with Crippen molar-refractivity contribution in [3.05, 3.63) is 65.4 Å². The van der Waals surface area contributed by atoms with Crippen LogP contribution < -0.4 is 21.7 Å². The maximum absolute atomic E-state index is 14.1. The van der Waals surface area contributed by atoms with Gasteiger partial charge in [0.15, 0.2) is 5.69 Å². The van der Waals surface area contributed by atoms with Gasteiger partial charge >= 0.3 is 0 Å². The Morgan fingerprint density at radius 1 is 1.06 bits per heavy atom. The molecule has 1 saturated heterocycles. The van der Waals surface area contributed by atoms with Gasteiger partial charge in [-0.2, -0.15) is 0 Å². The van der Waals surface area contributed by atoms with Crippen molar-refractivity contribution in [2.24, 2.45) is 5.73 Å². The SMILES string of the molecule is NC(=O)c1nc(-c2c(F)cccc2F)oc1Nc1ccc(C(=O)NC2CC[NH2+]CC2)cc1. The van der Waals surface area contributed by atoms with Crippen molar-refractivity contribution in [3.63, 3.8) is 0 Å². The standard InChI is InChI=1S/C22H21F2N5O3/c23-15-2-1-3-16(24)17(15)21-29-18(19(25)30)22(32-21)28-13-6-4-12(5-7-13)20(31)27-14-8-10-26-11-9-14/h1-7,14,26,28H,8-11H2,(H2,25,30)(H,27,31)/p+1. The van der Waals surface area contributed by atoms with Crippen LogP contribution in [0.3, 0.4) is 0 Å². The van der Waals surface area contributed by atoms with Crippen molar-refractivity contribution in [1.29, 1.82) is 0 Å². The Morgan fingerprint density at radius 3 is 2.34 bits per heavy atom. The predicted octanol–water partition coefficient (Wildman–Crippen LogP) is 1.92. The number of rotatable bonds is 6. The predicted molar refractivity (Wildman–Crippen MR) is 112 cm³/mol. The second-order valence-electron chi connectivity index (χ2n) is 7.47. The minimum absolute atomic E-state index is 0.161. The van der Waals surface area contributed by atoms with Crippen molar-refractivity contribution in [2.45, 2.75) is 18.9 Å². The van der Waals surface area contributed by atoms with Crippen LogP contribution in [-0.2, 0) is 0 Å². The number of hydrogen-bond acceptors (Lipinski definition) is 5. The third kappa shape index (κ3) is 4.59. The number of anilines is 2. The first-order valence-electron chi connectivity index (χ1n) is 10.2. The maximum atomic E-state index is 14.1. The molecule has 0 spiro atoms. The second kappa shape index (κ2) is 9.15. The van der Waals surface area contributed by atoms with Crippen molar-refractivity contribution in [2.75, 3.05) is 18.4 Å². The lowest BCUT2D eigenvalue weighted by Gasteiger charge is -2.21. The summed E-state index contributed by atoms with van der Waals surface area (Å²) in [5.41, 5.74) is 5.48. The molecule has 0 atom stereocenters. The van der Waals surface area contributed by atoms with Gasteiger partial charge in [0.2, 0.25) is 11.8 Å². The smallest absolute Gasteiger partial charge is 0.273 e. The van der Waals surface area contributed by atoms with Gasteiger partial charge in [-0.05, 0) is 36.4 Å². The van der Waals surface area contributed by atoms with Crippen molar-refractivity contribution < 1.29 is 28.1 Å². The Labute approximate surface area is 182 Å². The molecule has 1 fully saturated rings. The van der Waals surface area contributed by atoms with Crippen molar-refractivity contribution >= 4 is 23.4 Å². The quantitative estimate of drug-likeness (QED) is 0.464. The molecule has 0 aliphatic carbocycles. The van der Waals surface area contributed by atoms with E-state index in [4.69, 9.17) is 10.2 Å². The van der Waals surface area contributed by atoms with Crippen LogP contribution in [0.4, 0.5) is 20.4 Å². The van der Waals surface area contributed by atoms with Crippen LogP contribution in [0.1, 0.15) is 33.7 Å². The van der Waals surface area contributed by atoms with E-state index in [1.807, 2.05) is 0 Å². The van der Waals surface area contributed by atoms with Crippen LogP contribution >= 0.6 is 0 Å². The first-order valence-corrected chi connectivity index (χ1v) is 10.2. The van der Waals surface area contributed by atoms with Gasteiger partial charge in [-0.3, -0.25) is 9.59 Å². The van der Waals surface area contributed by atoms with Gasteiger partial charge < -0.3 is 26.1 Å². The fourth-order valence-electron chi connectivity index (χ4n) is 3.56. The largest absolute Gasteiger partial charge is 0.419 e. The summed E-state index contributed by atoms with van der Waals surface area (Å²) in [4.78, 5) is 28.1. The molecule has 166 valence electrons. The summed E-state index contributed by atoms with van der Waals surface area (Å²) >= 11 is 0. The van der Waals surface area contributed by atoms with Crippen LogP contribution in [0.2, 0.25) is 0 Å². The summed E-state index contributed by atoms with van der Waals surface area (Å²) in [5.74, 6) is -3.46. The van der Waals surface area contributed by atoms with E-state index in [0.717, 1.165) is 38.1 Å². The fourth-order valence-corrected chi connectivity index (χ4v) is 3.56. The molecule has 8 nitrogen and oxygen atoms in total. The van der Waals surface area contributed by atoms with E-state index in [2.05, 4.69) is 20.9 Å². The number of benzene rings is 2. The van der Waals surface area contributed by atoms with E-state index >= 15 is 0 Å². The number of halogens is 2. The van der Waals surface area contributed by atoms with Gasteiger partial charge in [0.25, 0.3) is 11.8 Å². The van der Waals surface area contributed by atoms with E-state index in [1.54, 1.807) is 24.3 Å². The van der Waals surface area contributed by atoms with E-state index in [0.29, 0.717) is 11.3 Å². The van der Waals surface area contributed by atoms with Gasteiger partial charge in [0.1, 0.15) is 17.2 Å². The molecule has 32 heavy (non-hydrogen) atoms. The normalized spacial score (nSPS) is 14.2. The zero-order valence-corrected chi connectivity index (χ0v) is 17.0. The summed E-state index contributed by atoms with van der Waals surface area (Å²) in [6.07, 6.45) is 1.86. The minimum atomic E-state index is -0.931. The number of carbonyl (C=O) groups excluding carboxylic acids is 2. The highest BCUT2D eigenvalue weighted by molar-refractivity contribution is 5.97. The van der Waals surface area contributed by atoms with Crippen LogP contribution in [0, 0.1) is 11.6 Å². The van der Waals surface area contributed by atoms with Gasteiger partial charge in [0, 0.05) is 30.1 Å². The van der Waals surface area contributed by atoms with Gasteiger partial charge in [-0.1, -0.05) is 6.07 Å². The minimum Gasteiger partial charge on any atom is -0.419 e. The zero-order valence-electron chi connectivity index (χ0n) is 17.0. The number of nitrogens with two attached hydrogens (primary N) is 2. The Morgan fingerprint density at radius 2 is 1.72 bits per heavy atom. The van der Waals surface area contributed by atoms with E-state index in [1.165, 1.54) is 6.07 Å². The third-order valence-corrected chi connectivity index (χ3v) is 5.22. The number of primary amides is 1. The Bertz CT molecular complexity index is 1120. The lowest BCUT2D eigenvalue weighted by Crippen LogP contribution is -2.87. The lowest BCUT2D eigenvalue weighted by atomic mass is 10.1. The molecule has 0 saturated carbocycles. The van der Waals surface area contributed by atoms with Crippen LogP contribution in [0.25, 0.3) is 11.5 Å². The highest BCUT2D eigenvalue weighted by Gasteiger charge is 2.24. The molecule has 1 aromatic heterocycles. The molecule has 1 aliphatic heterocycles. The van der Waals surface area contributed by atoms with Crippen LogP contribution in [0.5, 0.6) is 0 Å². The molecule has 0 radical (unpaired) electrons. The molecule has 2 amide bonds. The molecule has 10 heteroatoms. The Hall–Kier alpha value is -3.79. The summed E-state index contributed by atoms with van der Waals surface area (Å²) in [6.45, 7) is 1.98. The van der Waals surface area contributed by atoms with Crippen molar-refractivity contribution in [1.82, 2.24) is 10.3 Å². The number of hydrogen-bond donors (Lipinski definition) is 4. The monoisotopic (exact) mass is 442 g/mol. The number of amides is 2. The Balaban J connectivity index is 1.53. The first-order chi connectivity index (χ1) is 15.4. The van der Waals surface area contributed by atoms with Gasteiger partial charge in [-0.15, -0.1) is 0 Å². The lowest BCUT2D eigenvalue weighted by molar-refractivity contribution is -0.663. The van der Waals surface area contributed by atoms with Crippen molar-refractivity contribution in [3.8, 4) is 11.5 Å². The van der Waals surface area contributed by atoms with E-state index in [9.17, 15) is 18.4 Å². The van der Waals surface area contributed by atoms with Gasteiger partial charge in [0.05, 0.1) is 13.1 Å². The average Bonchev–Trinajstić information content (AvgIpc) is 3.18. The third-order valence-electron chi connectivity index (χ3n) is 5.22. The number of quaternary nitrogens is 1. The molecule has 4 rings (SSSR count). The molecule has 0 bridgehead atoms. The summed E-state index contributed by atoms with van der Waals surface area (Å²) < 4.78 is 33.6. The average molecular weight is 442 g/mol. The summed E-state index contributed by atoms with van der Waals surface area (Å²) in [5, 5.41) is 8.06. The molecule has 0 unspecified atom stereocenters. The highest BCUT2D eigenvalue weighted by Crippen LogP contribution is 2.31. The number of nitrogens with zero attached hydrogens (tertiary/aromatic N) is 1. The molecule has 3 aromatic rings. The molecule has 2 heterocycles. The van der Waals surface area contributed by atoms with E-state index in [-0.39, 0.29) is 23.5 Å². The zero-order chi connectivity index (χ0) is 22.7. The molecule has 2 aromatic carbocycles. The molecule has 1 aliphatic rings. The fraction of sp³-hybridized carbons (Fsp3) is 0.227.